The van der Waals surface area contributed by atoms with Crippen molar-refractivity contribution in [3.63, 3.8) is 0 Å². The molecule has 1 aliphatic rings. The number of aromatic nitrogens is 2. The third-order valence-corrected chi connectivity index (χ3v) is 2.98. The molecule has 1 N–H and O–H groups in total. The fourth-order valence-electron chi connectivity index (χ4n) is 2.10. The molecule has 0 saturated heterocycles. The largest absolute Gasteiger partial charge is 0.473 e. The predicted octanol–water partition coefficient (Wildman–Crippen LogP) is 2.30. The van der Waals surface area contributed by atoms with Crippen LogP contribution in [0.5, 0.6) is 5.88 Å². The highest BCUT2D eigenvalue weighted by Gasteiger charge is 2.17. The van der Waals surface area contributed by atoms with Crippen molar-refractivity contribution in [3.8, 4) is 5.88 Å². The number of ether oxygens (including phenoxy) is 1. The van der Waals surface area contributed by atoms with Crippen molar-refractivity contribution < 1.29 is 4.74 Å². The Kier molecular flexibility index (Phi) is 4.74. The average molecular weight is 235 g/mol. The first-order chi connectivity index (χ1) is 8.38. The van der Waals surface area contributed by atoms with Gasteiger partial charge >= 0.3 is 0 Å². The normalized spacial score (nSPS) is 16.3. The van der Waals surface area contributed by atoms with Gasteiger partial charge in [-0.15, -0.1) is 0 Å². The lowest BCUT2D eigenvalue weighted by Gasteiger charge is -2.12. The molecule has 1 aliphatic carbocycles. The quantitative estimate of drug-likeness (QED) is 0.769. The van der Waals surface area contributed by atoms with Crippen LogP contribution < -0.4 is 10.1 Å². The third kappa shape index (κ3) is 3.97. The summed E-state index contributed by atoms with van der Waals surface area (Å²) < 4.78 is 5.82. The van der Waals surface area contributed by atoms with E-state index in [2.05, 4.69) is 22.2 Å². The van der Waals surface area contributed by atoms with Gasteiger partial charge in [-0.25, -0.2) is 4.98 Å². The van der Waals surface area contributed by atoms with Crippen LogP contribution >= 0.6 is 0 Å². The van der Waals surface area contributed by atoms with Crippen LogP contribution in [0, 0.1) is 0 Å². The first-order valence-electron chi connectivity index (χ1n) is 6.57. The van der Waals surface area contributed by atoms with Crippen LogP contribution in [-0.4, -0.2) is 22.6 Å². The van der Waals surface area contributed by atoms with Crippen molar-refractivity contribution in [2.75, 3.05) is 6.54 Å². The van der Waals surface area contributed by atoms with Crippen molar-refractivity contribution in [2.45, 2.75) is 51.7 Å². The number of rotatable bonds is 6. The maximum atomic E-state index is 5.82. The minimum Gasteiger partial charge on any atom is -0.473 e. The van der Waals surface area contributed by atoms with E-state index in [-0.39, 0.29) is 0 Å². The Morgan fingerprint density at radius 2 is 2.18 bits per heavy atom. The van der Waals surface area contributed by atoms with Crippen molar-refractivity contribution in [2.24, 2.45) is 0 Å². The van der Waals surface area contributed by atoms with Gasteiger partial charge in [0.05, 0.1) is 11.9 Å². The van der Waals surface area contributed by atoms with E-state index in [0.29, 0.717) is 12.0 Å². The molecule has 0 amide bonds. The molecule has 1 heterocycles. The molecule has 4 heteroatoms. The minimum atomic E-state index is 0.350. The summed E-state index contributed by atoms with van der Waals surface area (Å²) in [5.74, 6) is 0.674. The summed E-state index contributed by atoms with van der Waals surface area (Å²) in [6.45, 7) is 3.93. The Labute approximate surface area is 103 Å². The number of nitrogens with zero attached hydrogens (tertiary/aromatic N) is 2. The van der Waals surface area contributed by atoms with Crippen molar-refractivity contribution in [3.05, 3.63) is 18.1 Å². The van der Waals surface area contributed by atoms with Crippen molar-refractivity contribution in [1.82, 2.24) is 15.3 Å². The summed E-state index contributed by atoms with van der Waals surface area (Å²) in [5.41, 5.74) is 0.953. The van der Waals surface area contributed by atoms with Crippen LogP contribution in [0.4, 0.5) is 0 Å². The predicted molar refractivity (Wildman–Crippen MR) is 66.9 cm³/mol. The second-order valence-electron chi connectivity index (χ2n) is 4.55. The molecule has 0 spiro atoms. The molecule has 0 atom stereocenters. The summed E-state index contributed by atoms with van der Waals surface area (Å²) in [4.78, 5) is 8.64. The van der Waals surface area contributed by atoms with E-state index in [9.17, 15) is 0 Å². The molecule has 4 nitrogen and oxygen atoms in total. The van der Waals surface area contributed by atoms with Gasteiger partial charge < -0.3 is 10.1 Å². The highest BCUT2D eigenvalue weighted by molar-refractivity contribution is 5.08. The lowest BCUT2D eigenvalue weighted by molar-refractivity contribution is 0.200. The molecule has 0 bridgehead atoms. The topological polar surface area (TPSA) is 47.0 Å². The molecule has 1 aromatic heterocycles. The molecular weight excluding hydrogens is 214 g/mol. The van der Waals surface area contributed by atoms with Gasteiger partial charge in [-0.05, 0) is 38.6 Å². The van der Waals surface area contributed by atoms with Crippen molar-refractivity contribution >= 4 is 0 Å². The lowest BCUT2D eigenvalue weighted by Crippen LogP contribution is -2.16. The van der Waals surface area contributed by atoms with Crippen LogP contribution in [0.1, 0.15) is 44.7 Å². The lowest BCUT2D eigenvalue weighted by atomic mass is 10.3. The monoisotopic (exact) mass is 235 g/mol. The first-order valence-corrected chi connectivity index (χ1v) is 6.57. The summed E-state index contributed by atoms with van der Waals surface area (Å²) in [6.07, 6.45) is 9.84. The zero-order valence-electron chi connectivity index (χ0n) is 10.5. The molecule has 1 aromatic rings. The molecule has 17 heavy (non-hydrogen) atoms. The zero-order valence-corrected chi connectivity index (χ0v) is 10.5. The Balaban J connectivity index is 1.86. The van der Waals surface area contributed by atoms with Gasteiger partial charge in [0.2, 0.25) is 5.88 Å². The van der Waals surface area contributed by atoms with E-state index in [1.807, 2.05) is 0 Å². The number of nitrogens with one attached hydrogen (secondary N) is 1. The van der Waals surface area contributed by atoms with Gasteiger partial charge in [0, 0.05) is 12.7 Å². The summed E-state index contributed by atoms with van der Waals surface area (Å²) >= 11 is 0. The summed E-state index contributed by atoms with van der Waals surface area (Å²) in [6, 6.07) is 0. The second-order valence-corrected chi connectivity index (χ2v) is 4.55. The minimum absolute atomic E-state index is 0.350. The highest BCUT2D eigenvalue weighted by Crippen LogP contribution is 2.22. The molecule has 0 unspecified atom stereocenters. The smallest absolute Gasteiger partial charge is 0.232 e. The average Bonchev–Trinajstić information content (AvgIpc) is 2.83. The third-order valence-electron chi connectivity index (χ3n) is 2.98. The van der Waals surface area contributed by atoms with Crippen LogP contribution in [0.25, 0.3) is 0 Å². The fraction of sp³-hybridized carbons (Fsp3) is 0.692. The van der Waals surface area contributed by atoms with Gasteiger partial charge in [-0.2, -0.15) is 0 Å². The van der Waals surface area contributed by atoms with Crippen LogP contribution in [0.15, 0.2) is 12.4 Å². The fourth-order valence-corrected chi connectivity index (χ4v) is 2.10. The molecule has 0 aliphatic heterocycles. The number of hydrogen-bond acceptors (Lipinski definition) is 4. The highest BCUT2D eigenvalue weighted by atomic mass is 16.5. The van der Waals surface area contributed by atoms with Crippen molar-refractivity contribution in [1.29, 1.82) is 0 Å². The number of hydrogen-bond donors (Lipinski definition) is 1. The van der Waals surface area contributed by atoms with Gasteiger partial charge in [-0.1, -0.05) is 6.92 Å². The Bertz CT molecular complexity index is 337. The molecule has 0 aromatic carbocycles. The first kappa shape index (κ1) is 12.3. The zero-order chi connectivity index (χ0) is 11.9. The van der Waals surface area contributed by atoms with E-state index >= 15 is 0 Å². The Morgan fingerprint density at radius 1 is 1.35 bits per heavy atom. The SMILES string of the molecule is CCCNCc1cncc(OC2CCCC2)n1. The van der Waals surface area contributed by atoms with E-state index in [4.69, 9.17) is 4.74 Å². The van der Waals surface area contributed by atoms with E-state index in [1.54, 1.807) is 12.4 Å². The van der Waals surface area contributed by atoms with Gasteiger partial charge in [-0.3, -0.25) is 4.98 Å². The van der Waals surface area contributed by atoms with Crippen LogP contribution in [0.2, 0.25) is 0 Å². The standard InChI is InChI=1S/C13H21N3O/c1-2-7-14-8-11-9-15-10-13(16-11)17-12-5-3-4-6-12/h9-10,12,14H,2-8H2,1H3. The van der Waals surface area contributed by atoms with Crippen LogP contribution in [-0.2, 0) is 6.54 Å². The van der Waals surface area contributed by atoms with Gasteiger partial charge in [0.15, 0.2) is 0 Å². The molecule has 1 fully saturated rings. The molecule has 2 rings (SSSR count). The maximum Gasteiger partial charge on any atom is 0.232 e. The Hall–Kier alpha value is -1.16. The summed E-state index contributed by atoms with van der Waals surface area (Å²) in [7, 11) is 0. The van der Waals surface area contributed by atoms with E-state index in [1.165, 1.54) is 12.8 Å². The van der Waals surface area contributed by atoms with Gasteiger partial charge in [0.1, 0.15) is 6.10 Å². The van der Waals surface area contributed by atoms with E-state index in [0.717, 1.165) is 38.0 Å². The molecular formula is C13H21N3O. The molecule has 0 radical (unpaired) electrons. The molecule has 94 valence electrons. The summed E-state index contributed by atoms with van der Waals surface area (Å²) in [5, 5.41) is 3.31. The van der Waals surface area contributed by atoms with Crippen LogP contribution in [0.3, 0.4) is 0 Å². The van der Waals surface area contributed by atoms with Gasteiger partial charge in [0.25, 0.3) is 0 Å². The Morgan fingerprint density at radius 3 is 2.94 bits per heavy atom. The maximum absolute atomic E-state index is 5.82. The van der Waals surface area contributed by atoms with E-state index < -0.39 is 0 Å². The second kappa shape index (κ2) is 6.55. The molecule has 1 saturated carbocycles.